The molecule has 1 aromatic heterocycles. The van der Waals surface area contributed by atoms with Gasteiger partial charge < -0.3 is 4.52 Å². The van der Waals surface area contributed by atoms with Gasteiger partial charge in [0.2, 0.25) is 5.89 Å². The van der Waals surface area contributed by atoms with Crippen molar-refractivity contribution in [3.63, 3.8) is 0 Å². The van der Waals surface area contributed by atoms with E-state index in [0.29, 0.717) is 23.9 Å². The predicted molar refractivity (Wildman–Crippen MR) is 79.6 cm³/mol. The summed E-state index contributed by atoms with van der Waals surface area (Å²) in [7, 11) is 0. The number of aromatic nitrogens is 2. The van der Waals surface area contributed by atoms with Gasteiger partial charge in [0.1, 0.15) is 5.78 Å². The topological polar surface area (TPSA) is 56.0 Å². The molecule has 4 nitrogen and oxygen atoms in total. The van der Waals surface area contributed by atoms with Gasteiger partial charge in [-0.1, -0.05) is 17.3 Å². The lowest BCUT2D eigenvalue weighted by Gasteiger charge is -2.01. The molecule has 6 heteroatoms. The van der Waals surface area contributed by atoms with E-state index in [4.69, 9.17) is 4.52 Å². The summed E-state index contributed by atoms with van der Waals surface area (Å²) >= 11 is 5.15. The quantitative estimate of drug-likeness (QED) is 0.779. The van der Waals surface area contributed by atoms with Crippen LogP contribution in [0.25, 0.3) is 0 Å². The normalized spacial score (nSPS) is 18.6. The second-order valence-electron chi connectivity index (χ2n) is 4.68. The number of hydrogen-bond donors (Lipinski definition) is 0. The highest BCUT2D eigenvalue weighted by Crippen LogP contribution is 2.32. The van der Waals surface area contributed by atoms with Crippen molar-refractivity contribution in [2.75, 3.05) is 0 Å². The first-order chi connectivity index (χ1) is 9.74. The number of thioether (sulfide) groups is 1. The fourth-order valence-corrected chi connectivity index (χ4v) is 3.66. The fourth-order valence-electron chi connectivity index (χ4n) is 2.25. The molecule has 0 bridgehead atoms. The zero-order valence-corrected chi connectivity index (χ0v) is 13.1. The highest BCUT2D eigenvalue weighted by Gasteiger charge is 2.30. The molecular weight excluding hydrogens is 340 g/mol. The Kier molecular flexibility index (Phi) is 4.21. The molecule has 1 fully saturated rings. The minimum atomic E-state index is -0.176. The number of rotatable bonds is 4. The van der Waals surface area contributed by atoms with Crippen LogP contribution in [0.15, 0.2) is 38.2 Å². The van der Waals surface area contributed by atoms with Crippen molar-refractivity contribution < 1.29 is 9.32 Å². The van der Waals surface area contributed by atoms with E-state index in [1.54, 1.807) is 11.8 Å². The molecule has 1 atom stereocenters. The molecular formula is C14H13BrN2O2S. The minimum absolute atomic E-state index is 0.176. The Hall–Kier alpha value is -1.14. The molecule has 3 rings (SSSR count). The summed E-state index contributed by atoms with van der Waals surface area (Å²) in [4.78, 5) is 17.2. The van der Waals surface area contributed by atoms with Crippen LogP contribution >= 0.6 is 27.7 Å². The number of carbonyl (C=O) groups is 1. The van der Waals surface area contributed by atoms with Gasteiger partial charge in [-0.05, 0) is 40.9 Å². The average Bonchev–Trinajstić information content (AvgIpc) is 3.06. The number of Topliss-reactive ketones (excluding diaryl/α,β-unsaturated/α-hetero) is 1. The maximum atomic E-state index is 11.7. The summed E-state index contributed by atoms with van der Waals surface area (Å²) in [5, 5.41) is 3.97. The Morgan fingerprint density at radius 3 is 3.00 bits per heavy atom. The van der Waals surface area contributed by atoms with Gasteiger partial charge in [0.05, 0.1) is 11.7 Å². The van der Waals surface area contributed by atoms with Crippen LogP contribution in [0.5, 0.6) is 0 Å². The third-order valence-corrected chi connectivity index (χ3v) is 5.30. The number of halogens is 1. The molecule has 0 amide bonds. The van der Waals surface area contributed by atoms with Crippen LogP contribution in [0, 0.1) is 0 Å². The van der Waals surface area contributed by atoms with Gasteiger partial charge in [-0.3, -0.25) is 4.79 Å². The van der Waals surface area contributed by atoms with E-state index < -0.39 is 0 Å². The summed E-state index contributed by atoms with van der Waals surface area (Å²) in [6.07, 6.45) is 2.39. The van der Waals surface area contributed by atoms with Crippen LogP contribution < -0.4 is 0 Å². The van der Waals surface area contributed by atoms with Gasteiger partial charge in [0.25, 0.3) is 0 Å². The number of hydrogen-bond acceptors (Lipinski definition) is 5. The summed E-state index contributed by atoms with van der Waals surface area (Å²) in [6.45, 7) is 0. The number of ketones is 1. The van der Waals surface area contributed by atoms with Crippen LogP contribution in [-0.4, -0.2) is 15.9 Å². The summed E-state index contributed by atoms with van der Waals surface area (Å²) in [5.41, 5.74) is 0. The van der Waals surface area contributed by atoms with E-state index in [1.165, 1.54) is 0 Å². The summed E-state index contributed by atoms with van der Waals surface area (Å²) in [5.74, 6) is 1.80. The molecule has 0 spiro atoms. The lowest BCUT2D eigenvalue weighted by atomic mass is 10.1. The van der Waals surface area contributed by atoms with E-state index in [-0.39, 0.29) is 11.7 Å². The minimum Gasteiger partial charge on any atom is -0.339 e. The number of nitrogens with zero attached hydrogens (tertiary/aromatic N) is 2. The lowest BCUT2D eigenvalue weighted by Crippen LogP contribution is -2.04. The number of benzene rings is 1. The van der Waals surface area contributed by atoms with Gasteiger partial charge >= 0.3 is 0 Å². The predicted octanol–water partition coefficient (Wildman–Crippen LogP) is 3.96. The maximum absolute atomic E-state index is 11.7. The first-order valence-corrected chi connectivity index (χ1v) is 8.24. The smallest absolute Gasteiger partial charge is 0.237 e. The average molecular weight is 353 g/mol. The highest BCUT2D eigenvalue weighted by atomic mass is 79.9. The first kappa shape index (κ1) is 13.8. The largest absolute Gasteiger partial charge is 0.339 e. The van der Waals surface area contributed by atoms with Gasteiger partial charge in [-0.25, -0.2) is 0 Å². The van der Waals surface area contributed by atoms with Crippen LogP contribution in [0.3, 0.4) is 0 Å². The lowest BCUT2D eigenvalue weighted by molar-refractivity contribution is -0.119. The molecule has 1 unspecified atom stereocenters. The van der Waals surface area contributed by atoms with Crippen molar-refractivity contribution in [1.82, 2.24) is 10.1 Å². The Bertz CT molecular complexity index is 629. The molecule has 1 aliphatic rings. The van der Waals surface area contributed by atoms with Crippen molar-refractivity contribution in [1.29, 1.82) is 0 Å². The highest BCUT2D eigenvalue weighted by molar-refractivity contribution is 9.10. The summed E-state index contributed by atoms with van der Waals surface area (Å²) in [6, 6.07) is 8.01. The monoisotopic (exact) mass is 352 g/mol. The molecule has 0 saturated heterocycles. The molecule has 1 heterocycles. The van der Waals surface area contributed by atoms with Gasteiger partial charge in [-0.2, -0.15) is 4.98 Å². The standard InChI is InChI=1S/C14H13BrN2O2S/c15-10-5-1-2-7-12(10)20-8-13-16-14(19-17-13)9-4-3-6-11(9)18/h1-2,5,7,9H,3-4,6,8H2. The van der Waals surface area contributed by atoms with Crippen LogP contribution in [0.1, 0.15) is 36.9 Å². The third kappa shape index (κ3) is 2.96. The molecule has 0 aliphatic heterocycles. The van der Waals surface area contributed by atoms with Crippen molar-refractivity contribution in [3.05, 3.63) is 40.5 Å². The van der Waals surface area contributed by atoms with E-state index in [2.05, 4.69) is 26.1 Å². The molecule has 104 valence electrons. The zero-order chi connectivity index (χ0) is 13.9. The maximum Gasteiger partial charge on any atom is 0.237 e. The number of carbonyl (C=O) groups excluding carboxylic acids is 1. The van der Waals surface area contributed by atoms with E-state index in [9.17, 15) is 4.79 Å². The second kappa shape index (κ2) is 6.10. The van der Waals surface area contributed by atoms with E-state index in [1.807, 2.05) is 24.3 Å². The molecule has 1 saturated carbocycles. The van der Waals surface area contributed by atoms with Gasteiger partial charge in [-0.15, -0.1) is 11.8 Å². The van der Waals surface area contributed by atoms with Crippen molar-refractivity contribution in [2.24, 2.45) is 0 Å². The van der Waals surface area contributed by atoms with Crippen LogP contribution in [-0.2, 0) is 10.5 Å². The van der Waals surface area contributed by atoms with Gasteiger partial charge in [0.15, 0.2) is 5.82 Å². The molecule has 1 aliphatic carbocycles. The Morgan fingerprint density at radius 1 is 1.40 bits per heavy atom. The first-order valence-electron chi connectivity index (χ1n) is 6.46. The van der Waals surface area contributed by atoms with Crippen molar-refractivity contribution in [3.8, 4) is 0 Å². The SMILES string of the molecule is O=C1CCCC1c1nc(CSc2ccccc2Br)no1. The molecule has 0 radical (unpaired) electrons. The van der Waals surface area contributed by atoms with Crippen LogP contribution in [0.2, 0.25) is 0 Å². The summed E-state index contributed by atoms with van der Waals surface area (Å²) < 4.78 is 6.29. The zero-order valence-electron chi connectivity index (χ0n) is 10.7. The fraction of sp³-hybridized carbons (Fsp3) is 0.357. The Morgan fingerprint density at radius 2 is 2.25 bits per heavy atom. The van der Waals surface area contributed by atoms with Gasteiger partial charge in [0, 0.05) is 15.8 Å². The molecule has 1 aromatic carbocycles. The second-order valence-corrected chi connectivity index (χ2v) is 6.55. The molecule has 2 aromatic rings. The third-order valence-electron chi connectivity index (χ3n) is 3.28. The molecule has 20 heavy (non-hydrogen) atoms. The Balaban J connectivity index is 1.66. The van der Waals surface area contributed by atoms with Crippen LogP contribution in [0.4, 0.5) is 0 Å². The van der Waals surface area contributed by atoms with Crippen molar-refractivity contribution >= 4 is 33.5 Å². The van der Waals surface area contributed by atoms with E-state index in [0.717, 1.165) is 22.2 Å². The Labute approximate surface area is 129 Å². The van der Waals surface area contributed by atoms with E-state index >= 15 is 0 Å². The molecule has 0 N–H and O–H groups in total. The van der Waals surface area contributed by atoms with Crippen molar-refractivity contribution in [2.45, 2.75) is 35.8 Å².